The predicted molar refractivity (Wildman–Crippen MR) is 61.8 cm³/mol. The molecule has 3 rings (SSSR count). The van der Waals surface area contributed by atoms with Gasteiger partial charge >= 0.3 is 0 Å². The van der Waals surface area contributed by atoms with E-state index < -0.39 is 0 Å². The summed E-state index contributed by atoms with van der Waals surface area (Å²) >= 11 is 3.35. The Labute approximate surface area is 101 Å². The first-order chi connectivity index (χ1) is 7.75. The number of ether oxygens (including phenoxy) is 2. The summed E-state index contributed by atoms with van der Waals surface area (Å²) in [5.41, 5.74) is 1.34. The number of ketones is 1. The molecule has 16 heavy (non-hydrogen) atoms. The molecule has 0 radical (unpaired) electrons. The molecule has 1 atom stereocenters. The Morgan fingerprint density at radius 3 is 3.12 bits per heavy atom. The van der Waals surface area contributed by atoms with Gasteiger partial charge in [0.15, 0.2) is 11.9 Å². The largest absolute Gasteiger partial charge is 0.482 e. The van der Waals surface area contributed by atoms with Crippen LogP contribution in [0, 0.1) is 0 Å². The van der Waals surface area contributed by atoms with Crippen molar-refractivity contribution >= 4 is 21.7 Å². The highest BCUT2D eigenvalue weighted by molar-refractivity contribution is 9.10. The molecular formula is C12H9BrO3. The van der Waals surface area contributed by atoms with Gasteiger partial charge in [0.25, 0.3) is 0 Å². The number of carbonyl (C=O) groups is 1. The lowest BCUT2D eigenvalue weighted by Gasteiger charge is -2.30. The number of Topliss-reactive ketones (excluding diaryl/α,β-unsaturated/α-hetero) is 1. The maximum absolute atomic E-state index is 12.2. The number of fused-ring (bicyclic) bond motifs is 2. The fourth-order valence-corrected chi connectivity index (χ4v) is 2.33. The molecule has 1 aromatic carbocycles. The third-order valence-electron chi connectivity index (χ3n) is 2.75. The number of rotatable bonds is 0. The van der Waals surface area contributed by atoms with Crippen molar-refractivity contribution < 1.29 is 14.3 Å². The summed E-state index contributed by atoms with van der Waals surface area (Å²) in [6.45, 7) is 0.942. The average Bonchev–Trinajstić information content (AvgIpc) is 2.31. The van der Waals surface area contributed by atoms with Crippen LogP contribution in [0.25, 0.3) is 0 Å². The van der Waals surface area contributed by atoms with Crippen LogP contribution in [0.5, 0.6) is 5.75 Å². The van der Waals surface area contributed by atoms with Gasteiger partial charge in [0.05, 0.1) is 18.8 Å². The zero-order valence-corrected chi connectivity index (χ0v) is 9.99. The van der Waals surface area contributed by atoms with E-state index >= 15 is 0 Å². The molecule has 0 unspecified atom stereocenters. The SMILES string of the molecule is O=C1C2=CCOC[C@H]2Oc2ccc(Br)cc21. The smallest absolute Gasteiger partial charge is 0.196 e. The molecule has 0 N–H and O–H groups in total. The van der Waals surface area contributed by atoms with Crippen LogP contribution in [0.15, 0.2) is 34.3 Å². The van der Waals surface area contributed by atoms with Crippen LogP contribution >= 0.6 is 15.9 Å². The van der Waals surface area contributed by atoms with Crippen LogP contribution in [0.4, 0.5) is 0 Å². The highest BCUT2D eigenvalue weighted by Gasteiger charge is 2.33. The second kappa shape index (κ2) is 3.71. The molecule has 2 aliphatic heterocycles. The first-order valence-corrected chi connectivity index (χ1v) is 5.84. The fourth-order valence-electron chi connectivity index (χ4n) is 1.97. The second-order valence-electron chi connectivity index (χ2n) is 3.77. The minimum absolute atomic E-state index is 0.0517. The van der Waals surface area contributed by atoms with Crippen LogP contribution in [0.1, 0.15) is 10.4 Å². The molecule has 0 saturated heterocycles. The maximum atomic E-state index is 12.2. The predicted octanol–water partition coefficient (Wildman–Crippen LogP) is 2.35. The molecule has 3 nitrogen and oxygen atoms in total. The van der Waals surface area contributed by atoms with Gasteiger partial charge in [-0.3, -0.25) is 4.79 Å². The van der Waals surface area contributed by atoms with Gasteiger partial charge in [-0.1, -0.05) is 15.9 Å². The summed E-state index contributed by atoms with van der Waals surface area (Å²) < 4.78 is 11.9. The first-order valence-electron chi connectivity index (χ1n) is 5.04. The Bertz CT molecular complexity index is 493. The lowest BCUT2D eigenvalue weighted by Crippen LogP contribution is -2.36. The quantitative estimate of drug-likeness (QED) is 0.732. The van der Waals surface area contributed by atoms with Gasteiger partial charge in [-0.05, 0) is 24.3 Å². The zero-order valence-electron chi connectivity index (χ0n) is 8.40. The van der Waals surface area contributed by atoms with E-state index in [-0.39, 0.29) is 11.9 Å². The molecule has 0 spiro atoms. The van der Waals surface area contributed by atoms with Gasteiger partial charge in [0.2, 0.25) is 0 Å². The normalized spacial score (nSPS) is 22.9. The summed E-state index contributed by atoms with van der Waals surface area (Å²) in [7, 11) is 0. The number of hydrogen-bond donors (Lipinski definition) is 0. The summed E-state index contributed by atoms with van der Waals surface area (Å²) in [4.78, 5) is 12.2. The Morgan fingerprint density at radius 1 is 1.38 bits per heavy atom. The molecule has 0 fully saturated rings. The number of hydrogen-bond acceptors (Lipinski definition) is 3. The van der Waals surface area contributed by atoms with E-state index in [4.69, 9.17) is 9.47 Å². The number of benzene rings is 1. The van der Waals surface area contributed by atoms with Crippen LogP contribution in [0.3, 0.4) is 0 Å². The molecule has 0 aliphatic carbocycles. The van der Waals surface area contributed by atoms with Crippen molar-refractivity contribution in [2.24, 2.45) is 0 Å². The molecule has 82 valence electrons. The topological polar surface area (TPSA) is 35.5 Å². The Kier molecular flexibility index (Phi) is 2.33. The fraction of sp³-hybridized carbons (Fsp3) is 0.250. The van der Waals surface area contributed by atoms with E-state index in [0.717, 1.165) is 10.0 Å². The molecular weight excluding hydrogens is 272 g/mol. The van der Waals surface area contributed by atoms with E-state index in [0.29, 0.717) is 24.5 Å². The van der Waals surface area contributed by atoms with Crippen molar-refractivity contribution in [1.29, 1.82) is 0 Å². The number of carbonyl (C=O) groups excluding carboxylic acids is 1. The average molecular weight is 281 g/mol. The molecule has 2 aliphatic rings. The van der Waals surface area contributed by atoms with E-state index in [2.05, 4.69) is 15.9 Å². The Morgan fingerprint density at radius 2 is 2.25 bits per heavy atom. The third-order valence-corrected chi connectivity index (χ3v) is 3.25. The van der Waals surface area contributed by atoms with Crippen molar-refractivity contribution in [3.8, 4) is 5.75 Å². The molecule has 0 aromatic heterocycles. The third kappa shape index (κ3) is 1.49. The zero-order chi connectivity index (χ0) is 11.1. The Hall–Kier alpha value is -1.13. The summed E-state index contributed by atoms with van der Waals surface area (Å²) in [6.07, 6.45) is 1.57. The van der Waals surface area contributed by atoms with Crippen LogP contribution in [-0.4, -0.2) is 25.1 Å². The lowest BCUT2D eigenvalue weighted by atomic mass is 9.94. The first kappa shape index (κ1) is 10.1. The standard InChI is InChI=1S/C12H9BrO3/c13-7-1-2-10-9(5-7)12(14)8-3-4-15-6-11(8)16-10/h1-3,5,11H,4,6H2/t11-/m1/s1. The van der Waals surface area contributed by atoms with Crippen LogP contribution in [-0.2, 0) is 4.74 Å². The molecule has 0 bridgehead atoms. The lowest BCUT2D eigenvalue weighted by molar-refractivity contribution is 0.0561. The van der Waals surface area contributed by atoms with Gasteiger partial charge in [0.1, 0.15) is 5.75 Å². The van der Waals surface area contributed by atoms with E-state index in [9.17, 15) is 4.79 Å². The van der Waals surface area contributed by atoms with E-state index in [1.807, 2.05) is 12.1 Å². The van der Waals surface area contributed by atoms with Crippen molar-refractivity contribution in [1.82, 2.24) is 0 Å². The molecule has 0 saturated carbocycles. The summed E-state index contributed by atoms with van der Waals surface area (Å²) in [5.74, 6) is 0.691. The molecule has 0 amide bonds. The van der Waals surface area contributed by atoms with Gasteiger partial charge in [-0.25, -0.2) is 0 Å². The molecule has 1 aromatic rings. The van der Waals surface area contributed by atoms with E-state index in [1.165, 1.54) is 0 Å². The van der Waals surface area contributed by atoms with Gasteiger partial charge in [-0.15, -0.1) is 0 Å². The monoisotopic (exact) mass is 280 g/mol. The van der Waals surface area contributed by atoms with Crippen LogP contribution in [0.2, 0.25) is 0 Å². The molecule has 4 heteroatoms. The second-order valence-corrected chi connectivity index (χ2v) is 4.69. The van der Waals surface area contributed by atoms with Crippen LogP contribution < -0.4 is 4.74 Å². The minimum atomic E-state index is -0.241. The van der Waals surface area contributed by atoms with Gasteiger partial charge in [0, 0.05) is 10.0 Å². The summed E-state index contributed by atoms with van der Waals surface area (Å²) in [5, 5.41) is 0. The van der Waals surface area contributed by atoms with Crippen molar-refractivity contribution in [3.05, 3.63) is 39.9 Å². The van der Waals surface area contributed by atoms with Crippen molar-refractivity contribution in [3.63, 3.8) is 0 Å². The van der Waals surface area contributed by atoms with E-state index in [1.54, 1.807) is 12.1 Å². The van der Waals surface area contributed by atoms with Crippen molar-refractivity contribution in [2.45, 2.75) is 6.10 Å². The maximum Gasteiger partial charge on any atom is 0.196 e. The van der Waals surface area contributed by atoms with Gasteiger partial charge in [-0.2, -0.15) is 0 Å². The van der Waals surface area contributed by atoms with Crippen molar-refractivity contribution in [2.75, 3.05) is 13.2 Å². The number of halogens is 1. The Balaban J connectivity index is 2.12. The minimum Gasteiger partial charge on any atom is -0.482 e. The highest BCUT2D eigenvalue weighted by atomic mass is 79.9. The summed E-state index contributed by atoms with van der Waals surface area (Å²) in [6, 6.07) is 5.47. The highest BCUT2D eigenvalue weighted by Crippen LogP contribution is 2.33. The molecule has 2 heterocycles. The van der Waals surface area contributed by atoms with Gasteiger partial charge < -0.3 is 9.47 Å².